The van der Waals surface area contributed by atoms with Gasteiger partial charge in [0.15, 0.2) is 29.6 Å². The maximum Gasteiger partial charge on any atom is 0.271 e. The van der Waals surface area contributed by atoms with Gasteiger partial charge in [-0.15, -0.1) is 0 Å². The highest BCUT2D eigenvalue weighted by molar-refractivity contribution is 6.33. The monoisotopic (exact) mass is 481 g/mol. The van der Waals surface area contributed by atoms with Crippen molar-refractivity contribution in [2.75, 3.05) is 25.8 Å². The maximum absolute atomic E-state index is 12.3. The first-order chi connectivity index (χ1) is 16.5. The number of nitrogens with zero attached hydrogens (tertiary/aromatic N) is 1. The van der Waals surface area contributed by atoms with Crippen molar-refractivity contribution < 1.29 is 28.5 Å². The molecule has 0 saturated carbocycles. The predicted molar refractivity (Wildman–Crippen MR) is 126 cm³/mol. The fraction of sp³-hybridized carbons (Fsp3) is 0.125. The smallest absolute Gasteiger partial charge is 0.271 e. The van der Waals surface area contributed by atoms with Gasteiger partial charge in [-0.2, -0.15) is 5.10 Å². The lowest BCUT2D eigenvalue weighted by Crippen LogP contribution is -2.20. The van der Waals surface area contributed by atoms with E-state index in [1.54, 1.807) is 60.7 Å². The maximum atomic E-state index is 12.3. The summed E-state index contributed by atoms with van der Waals surface area (Å²) in [5.41, 5.74) is 3.99. The Bertz CT molecular complexity index is 1250. The predicted octanol–water partition coefficient (Wildman–Crippen LogP) is 3.86. The zero-order chi connectivity index (χ0) is 23.9. The van der Waals surface area contributed by atoms with Gasteiger partial charge in [-0.05, 0) is 54.1 Å². The molecule has 2 amide bonds. The summed E-state index contributed by atoms with van der Waals surface area (Å²) >= 11 is 6.04. The lowest BCUT2D eigenvalue weighted by molar-refractivity contribution is -0.118. The van der Waals surface area contributed by atoms with Crippen LogP contribution in [-0.2, 0) is 4.79 Å². The van der Waals surface area contributed by atoms with Crippen LogP contribution in [0.4, 0.5) is 5.69 Å². The standard InChI is InChI=1S/C24H20ClN3O6/c1-31-21-10-15(12-26-28-24(30)16-7-9-20-22(11-16)34-14-33-20)6-8-19(21)32-13-23(29)27-18-5-3-2-4-17(18)25/h2-12H,13-14H2,1H3,(H,27,29)(H,28,30). The lowest BCUT2D eigenvalue weighted by Gasteiger charge is -2.12. The fourth-order valence-electron chi connectivity index (χ4n) is 3.04. The summed E-state index contributed by atoms with van der Waals surface area (Å²) in [6.45, 7) is -0.104. The molecule has 0 fully saturated rings. The molecule has 0 aliphatic carbocycles. The average Bonchev–Trinajstić information content (AvgIpc) is 3.32. The summed E-state index contributed by atoms with van der Waals surface area (Å²) in [6.07, 6.45) is 1.46. The highest BCUT2D eigenvalue weighted by Gasteiger charge is 2.16. The minimum atomic E-state index is -0.397. The number of hydrazone groups is 1. The van der Waals surface area contributed by atoms with E-state index in [1.807, 2.05) is 0 Å². The van der Waals surface area contributed by atoms with E-state index < -0.39 is 5.91 Å². The van der Waals surface area contributed by atoms with E-state index in [1.165, 1.54) is 13.3 Å². The second kappa shape index (κ2) is 10.6. The molecule has 0 saturated heterocycles. The molecule has 4 rings (SSSR count). The van der Waals surface area contributed by atoms with E-state index in [9.17, 15) is 9.59 Å². The molecule has 0 atom stereocenters. The van der Waals surface area contributed by atoms with Crippen LogP contribution in [0.5, 0.6) is 23.0 Å². The number of nitrogens with one attached hydrogen (secondary N) is 2. The van der Waals surface area contributed by atoms with Crippen molar-refractivity contribution in [2.45, 2.75) is 0 Å². The van der Waals surface area contributed by atoms with Crippen LogP contribution in [0.3, 0.4) is 0 Å². The molecule has 10 heteroatoms. The average molecular weight is 482 g/mol. The summed E-state index contributed by atoms with van der Waals surface area (Å²) in [7, 11) is 1.48. The fourth-order valence-corrected chi connectivity index (χ4v) is 3.23. The van der Waals surface area contributed by atoms with Gasteiger partial charge in [0.1, 0.15) is 0 Å². The molecule has 174 valence electrons. The second-order valence-electron chi connectivity index (χ2n) is 6.99. The van der Waals surface area contributed by atoms with Crippen molar-refractivity contribution in [1.29, 1.82) is 0 Å². The van der Waals surface area contributed by atoms with E-state index in [-0.39, 0.29) is 19.3 Å². The van der Waals surface area contributed by atoms with Gasteiger partial charge in [-0.1, -0.05) is 23.7 Å². The van der Waals surface area contributed by atoms with Gasteiger partial charge in [0.25, 0.3) is 11.8 Å². The molecule has 1 aliphatic rings. The van der Waals surface area contributed by atoms with Crippen molar-refractivity contribution in [3.8, 4) is 23.0 Å². The van der Waals surface area contributed by atoms with Gasteiger partial charge >= 0.3 is 0 Å². The number of hydrogen-bond donors (Lipinski definition) is 2. The third-order valence-corrected chi connectivity index (χ3v) is 5.04. The number of carbonyl (C=O) groups is 2. The number of methoxy groups -OCH3 is 1. The van der Waals surface area contributed by atoms with Crippen molar-refractivity contribution >= 4 is 35.3 Å². The molecule has 3 aromatic carbocycles. The van der Waals surface area contributed by atoms with Crippen LogP contribution in [-0.4, -0.2) is 38.5 Å². The number of amides is 2. The van der Waals surface area contributed by atoms with Crippen molar-refractivity contribution in [2.24, 2.45) is 5.10 Å². The van der Waals surface area contributed by atoms with Crippen LogP contribution in [0, 0.1) is 0 Å². The summed E-state index contributed by atoms with van der Waals surface area (Å²) in [6, 6.07) is 16.8. The Morgan fingerprint density at radius 1 is 1.06 bits per heavy atom. The molecule has 0 radical (unpaired) electrons. The Kier molecular flexibility index (Phi) is 7.14. The molecule has 9 nitrogen and oxygen atoms in total. The molecular formula is C24H20ClN3O6. The second-order valence-corrected chi connectivity index (χ2v) is 7.40. The third-order valence-electron chi connectivity index (χ3n) is 4.71. The Hall–Kier alpha value is -4.24. The Morgan fingerprint density at radius 2 is 1.88 bits per heavy atom. The first-order valence-corrected chi connectivity index (χ1v) is 10.5. The van der Waals surface area contributed by atoms with Gasteiger partial charge in [-0.3, -0.25) is 9.59 Å². The molecule has 2 N–H and O–H groups in total. The van der Waals surface area contributed by atoms with Gasteiger partial charge in [-0.25, -0.2) is 5.43 Å². The molecule has 1 aliphatic heterocycles. The number of ether oxygens (including phenoxy) is 4. The van der Waals surface area contributed by atoms with E-state index in [0.29, 0.717) is 44.8 Å². The zero-order valence-electron chi connectivity index (χ0n) is 18.0. The molecule has 0 aromatic heterocycles. The number of benzene rings is 3. The molecule has 0 unspecified atom stereocenters. The van der Waals surface area contributed by atoms with E-state index in [4.69, 9.17) is 30.5 Å². The van der Waals surface area contributed by atoms with Crippen LogP contribution >= 0.6 is 11.6 Å². The summed E-state index contributed by atoms with van der Waals surface area (Å²) in [4.78, 5) is 24.5. The molecule has 3 aromatic rings. The Labute approximate surface area is 200 Å². The minimum Gasteiger partial charge on any atom is -0.493 e. The first kappa shape index (κ1) is 22.9. The SMILES string of the molecule is COc1cc(C=NNC(=O)c2ccc3c(c2)OCO3)ccc1OCC(=O)Nc1ccccc1Cl. The molecule has 0 spiro atoms. The lowest BCUT2D eigenvalue weighted by atomic mass is 10.2. The van der Waals surface area contributed by atoms with Gasteiger partial charge in [0, 0.05) is 5.56 Å². The minimum absolute atomic E-state index is 0.131. The Balaban J connectivity index is 1.33. The number of hydrogen-bond acceptors (Lipinski definition) is 7. The number of carbonyl (C=O) groups excluding carboxylic acids is 2. The van der Waals surface area contributed by atoms with Crippen molar-refractivity contribution in [3.05, 3.63) is 76.8 Å². The number of para-hydroxylation sites is 1. The molecule has 1 heterocycles. The molecular weight excluding hydrogens is 462 g/mol. The highest BCUT2D eigenvalue weighted by atomic mass is 35.5. The summed E-state index contributed by atoms with van der Waals surface area (Å²) in [5.74, 6) is 1.11. The van der Waals surface area contributed by atoms with Crippen LogP contribution in [0.1, 0.15) is 15.9 Å². The topological polar surface area (TPSA) is 107 Å². The third kappa shape index (κ3) is 5.57. The van der Waals surface area contributed by atoms with Crippen LogP contribution < -0.4 is 29.7 Å². The highest BCUT2D eigenvalue weighted by Crippen LogP contribution is 2.32. The van der Waals surface area contributed by atoms with Crippen LogP contribution in [0.2, 0.25) is 5.02 Å². The van der Waals surface area contributed by atoms with E-state index in [0.717, 1.165) is 0 Å². The first-order valence-electron chi connectivity index (χ1n) is 10.1. The summed E-state index contributed by atoms with van der Waals surface area (Å²) in [5, 5.41) is 7.09. The zero-order valence-corrected chi connectivity index (χ0v) is 18.8. The summed E-state index contributed by atoms with van der Waals surface area (Å²) < 4.78 is 21.4. The number of rotatable bonds is 8. The van der Waals surface area contributed by atoms with E-state index >= 15 is 0 Å². The normalized spacial score (nSPS) is 11.8. The van der Waals surface area contributed by atoms with Crippen molar-refractivity contribution in [1.82, 2.24) is 5.43 Å². The van der Waals surface area contributed by atoms with Gasteiger partial charge < -0.3 is 24.3 Å². The molecule has 0 bridgehead atoms. The number of halogens is 1. The number of fused-ring (bicyclic) bond motifs is 1. The molecule has 34 heavy (non-hydrogen) atoms. The largest absolute Gasteiger partial charge is 0.493 e. The van der Waals surface area contributed by atoms with Gasteiger partial charge in [0.05, 0.1) is 24.0 Å². The number of anilines is 1. The van der Waals surface area contributed by atoms with Crippen LogP contribution in [0.15, 0.2) is 65.8 Å². The van der Waals surface area contributed by atoms with Crippen molar-refractivity contribution in [3.63, 3.8) is 0 Å². The van der Waals surface area contributed by atoms with Crippen LogP contribution in [0.25, 0.3) is 0 Å². The quantitative estimate of drug-likeness (QED) is 0.373. The Morgan fingerprint density at radius 3 is 2.71 bits per heavy atom. The van der Waals surface area contributed by atoms with E-state index in [2.05, 4.69) is 15.8 Å². The van der Waals surface area contributed by atoms with Gasteiger partial charge in [0.2, 0.25) is 6.79 Å².